The van der Waals surface area contributed by atoms with Crippen LogP contribution in [0.3, 0.4) is 0 Å². The van der Waals surface area contributed by atoms with E-state index in [0.29, 0.717) is 17.1 Å². The maximum absolute atomic E-state index is 12.5. The molecule has 4 rings (SSSR count). The average molecular weight is 339 g/mol. The summed E-state index contributed by atoms with van der Waals surface area (Å²) in [6.45, 7) is 1.82. The van der Waals surface area contributed by atoms with E-state index in [1.54, 1.807) is 23.1 Å². The number of carbonyl (C=O) groups excluding carboxylic acids is 2. The van der Waals surface area contributed by atoms with E-state index in [4.69, 9.17) is 14.2 Å². The number of amides is 1. The molecule has 0 radical (unpaired) electrons. The lowest BCUT2D eigenvalue weighted by molar-refractivity contribution is -0.122. The van der Waals surface area contributed by atoms with Crippen LogP contribution in [0.25, 0.3) is 0 Å². The van der Waals surface area contributed by atoms with E-state index in [9.17, 15) is 9.59 Å². The standard InChI is InChI=1S/C19H17NO5/c1-12-8-13-4-2-3-5-15(13)20(12)18(21)10-23-19(22)14-6-7-16-17(9-14)25-11-24-16/h2-7,9,12H,8,10-11H2,1H3/t12-/m1/s1. The zero-order chi connectivity index (χ0) is 17.4. The van der Waals surface area contributed by atoms with Crippen LogP contribution >= 0.6 is 0 Å². The molecule has 6 nitrogen and oxygen atoms in total. The second-order valence-corrected chi connectivity index (χ2v) is 6.09. The topological polar surface area (TPSA) is 65.1 Å². The van der Waals surface area contributed by atoms with Gasteiger partial charge in [-0.15, -0.1) is 0 Å². The third-order valence-electron chi connectivity index (χ3n) is 4.41. The number of carbonyl (C=O) groups is 2. The van der Waals surface area contributed by atoms with Gasteiger partial charge in [0.15, 0.2) is 18.1 Å². The zero-order valence-corrected chi connectivity index (χ0v) is 13.7. The largest absolute Gasteiger partial charge is 0.454 e. The highest BCUT2D eigenvalue weighted by Crippen LogP contribution is 2.33. The third kappa shape index (κ3) is 2.80. The third-order valence-corrected chi connectivity index (χ3v) is 4.41. The van der Waals surface area contributed by atoms with Gasteiger partial charge in [0.2, 0.25) is 6.79 Å². The molecule has 2 aliphatic rings. The van der Waals surface area contributed by atoms with Crippen LogP contribution in [0.2, 0.25) is 0 Å². The van der Waals surface area contributed by atoms with E-state index < -0.39 is 5.97 Å². The highest BCUT2D eigenvalue weighted by molar-refractivity contribution is 5.99. The summed E-state index contributed by atoms with van der Waals surface area (Å²) in [5, 5.41) is 0. The van der Waals surface area contributed by atoms with Gasteiger partial charge < -0.3 is 19.1 Å². The van der Waals surface area contributed by atoms with E-state index in [1.807, 2.05) is 31.2 Å². The Morgan fingerprint density at radius 1 is 1.16 bits per heavy atom. The number of fused-ring (bicyclic) bond motifs is 2. The molecular formula is C19H17NO5. The molecule has 0 fully saturated rings. The maximum Gasteiger partial charge on any atom is 0.338 e. The monoisotopic (exact) mass is 339 g/mol. The number of hydrogen-bond acceptors (Lipinski definition) is 5. The van der Waals surface area contributed by atoms with Gasteiger partial charge in [0, 0.05) is 11.7 Å². The smallest absolute Gasteiger partial charge is 0.338 e. The van der Waals surface area contributed by atoms with Gasteiger partial charge in [0.25, 0.3) is 5.91 Å². The van der Waals surface area contributed by atoms with E-state index in [2.05, 4.69) is 0 Å². The molecular weight excluding hydrogens is 322 g/mol. The number of ether oxygens (including phenoxy) is 3. The Hall–Kier alpha value is -3.02. The Balaban J connectivity index is 1.43. The first kappa shape index (κ1) is 15.5. The predicted octanol–water partition coefficient (Wildman–Crippen LogP) is 2.55. The first-order valence-corrected chi connectivity index (χ1v) is 8.10. The summed E-state index contributed by atoms with van der Waals surface area (Å²) in [5.41, 5.74) is 2.34. The maximum atomic E-state index is 12.5. The molecule has 0 bridgehead atoms. The fourth-order valence-corrected chi connectivity index (χ4v) is 3.25. The van der Waals surface area contributed by atoms with Gasteiger partial charge in [0.1, 0.15) is 0 Å². The minimum Gasteiger partial charge on any atom is -0.454 e. The summed E-state index contributed by atoms with van der Waals surface area (Å²) in [6, 6.07) is 12.6. The first-order chi connectivity index (χ1) is 12.1. The lowest BCUT2D eigenvalue weighted by atomic mass is 10.1. The van der Waals surface area contributed by atoms with Crippen molar-refractivity contribution in [2.24, 2.45) is 0 Å². The van der Waals surface area contributed by atoms with Gasteiger partial charge in [-0.25, -0.2) is 4.79 Å². The lowest BCUT2D eigenvalue weighted by Crippen LogP contribution is -2.38. The van der Waals surface area contributed by atoms with Crippen molar-refractivity contribution >= 4 is 17.6 Å². The summed E-state index contributed by atoms with van der Waals surface area (Å²) >= 11 is 0. The van der Waals surface area contributed by atoms with Crippen molar-refractivity contribution < 1.29 is 23.8 Å². The molecule has 2 heterocycles. The van der Waals surface area contributed by atoms with Gasteiger partial charge in [-0.05, 0) is 43.2 Å². The van der Waals surface area contributed by atoms with Gasteiger partial charge in [0.05, 0.1) is 5.56 Å². The normalized spacial score (nSPS) is 17.3. The molecule has 0 saturated heterocycles. The van der Waals surface area contributed by atoms with Crippen molar-refractivity contribution in [3.63, 3.8) is 0 Å². The second-order valence-electron chi connectivity index (χ2n) is 6.09. The predicted molar refractivity (Wildman–Crippen MR) is 89.9 cm³/mol. The van der Waals surface area contributed by atoms with Crippen LogP contribution in [0.15, 0.2) is 42.5 Å². The zero-order valence-electron chi connectivity index (χ0n) is 13.7. The second kappa shape index (κ2) is 6.12. The van der Waals surface area contributed by atoms with Crippen molar-refractivity contribution in [3.8, 4) is 11.5 Å². The first-order valence-electron chi connectivity index (χ1n) is 8.10. The summed E-state index contributed by atoms with van der Waals surface area (Å²) in [5.74, 6) is 0.302. The number of nitrogens with zero attached hydrogens (tertiary/aromatic N) is 1. The molecule has 0 N–H and O–H groups in total. The highest BCUT2D eigenvalue weighted by Gasteiger charge is 2.31. The van der Waals surface area contributed by atoms with Gasteiger partial charge >= 0.3 is 5.97 Å². The van der Waals surface area contributed by atoms with Crippen LogP contribution in [0.5, 0.6) is 11.5 Å². The summed E-state index contributed by atoms with van der Waals surface area (Å²) in [4.78, 5) is 26.4. The molecule has 6 heteroatoms. The van der Waals surface area contributed by atoms with Gasteiger partial charge in [-0.1, -0.05) is 18.2 Å². The van der Waals surface area contributed by atoms with Crippen molar-refractivity contribution in [1.29, 1.82) is 0 Å². The van der Waals surface area contributed by atoms with Crippen LogP contribution in [-0.4, -0.2) is 31.3 Å². The van der Waals surface area contributed by atoms with Crippen LogP contribution < -0.4 is 14.4 Å². The molecule has 128 valence electrons. The Labute approximate surface area is 144 Å². The van der Waals surface area contributed by atoms with Crippen LogP contribution in [0.1, 0.15) is 22.8 Å². The minimum atomic E-state index is -0.563. The molecule has 0 spiro atoms. The molecule has 0 aromatic heterocycles. The number of para-hydroxylation sites is 1. The Kier molecular flexibility index (Phi) is 3.80. The Morgan fingerprint density at radius 2 is 1.96 bits per heavy atom. The number of esters is 1. The highest BCUT2D eigenvalue weighted by atomic mass is 16.7. The molecule has 0 unspecified atom stereocenters. The molecule has 0 saturated carbocycles. The van der Waals surface area contributed by atoms with Crippen LogP contribution in [0, 0.1) is 0 Å². The average Bonchev–Trinajstić information content (AvgIpc) is 3.21. The Morgan fingerprint density at radius 3 is 2.84 bits per heavy atom. The summed E-state index contributed by atoms with van der Waals surface area (Å²) < 4.78 is 15.7. The minimum absolute atomic E-state index is 0.0501. The fourth-order valence-electron chi connectivity index (χ4n) is 3.25. The summed E-state index contributed by atoms with van der Waals surface area (Å²) in [6.07, 6.45) is 0.804. The SMILES string of the molecule is C[C@@H]1Cc2ccccc2N1C(=O)COC(=O)c1ccc2c(c1)OCO2. The van der Waals surface area contributed by atoms with Gasteiger partial charge in [-0.2, -0.15) is 0 Å². The molecule has 1 atom stereocenters. The van der Waals surface area contributed by atoms with Crippen molar-refractivity contribution in [1.82, 2.24) is 0 Å². The van der Waals surface area contributed by atoms with Crippen LogP contribution in [0.4, 0.5) is 5.69 Å². The van der Waals surface area contributed by atoms with Crippen molar-refractivity contribution in [2.75, 3.05) is 18.3 Å². The van der Waals surface area contributed by atoms with Gasteiger partial charge in [-0.3, -0.25) is 4.79 Å². The number of rotatable bonds is 3. The van der Waals surface area contributed by atoms with E-state index in [-0.39, 0.29) is 25.3 Å². The molecule has 2 aliphatic heterocycles. The fraction of sp³-hybridized carbons (Fsp3) is 0.263. The van der Waals surface area contributed by atoms with E-state index in [1.165, 1.54) is 0 Å². The number of benzene rings is 2. The van der Waals surface area contributed by atoms with Crippen molar-refractivity contribution in [3.05, 3.63) is 53.6 Å². The molecule has 0 aliphatic carbocycles. The van der Waals surface area contributed by atoms with E-state index >= 15 is 0 Å². The van der Waals surface area contributed by atoms with E-state index in [0.717, 1.165) is 17.7 Å². The summed E-state index contributed by atoms with van der Waals surface area (Å²) in [7, 11) is 0. The number of anilines is 1. The van der Waals surface area contributed by atoms with Crippen molar-refractivity contribution in [2.45, 2.75) is 19.4 Å². The number of hydrogen-bond donors (Lipinski definition) is 0. The molecule has 1 amide bonds. The quantitative estimate of drug-likeness (QED) is 0.804. The molecule has 2 aromatic rings. The molecule has 25 heavy (non-hydrogen) atoms. The molecule has 2 aromatic carbocycles. The van der Waals surface area contributed by atoms with Crippen LogP contribution in [-0.2, 0) is 16.0 Å². The Bertz CT molecular complexity index is 847. The lowest BCUT2D eigenvalue weighted by Gasteiger charge is -2.22.